The Balaban J connectivity index is 1.81. The predicted octanol–water partition coefficient (Wildman–Crippen LogP) is 3.37. The van der Waals surface area contributed by atoms with Gasteiger partial charge in [-0.3, -0.25) is 0 Å². The molecule has 0 unspecified atom stereocenters. The van der Waals surface area contributed by atoms with Crippen molar-refractivity contribution in [2.75, 3.05) is 20.3 Å². The number of hydrogen-bond donors (Lipinski definition) is 1. The number of ether oxygens (including phenoxy) is 2. The normalized spacial score (nSPS) is 18.0. The molecule has 0 heterocycles. The minimum absolute atomic E-state index is 0.324. The van der Waals surface area contributed by atoms with Crippen molar-refractivity contribution >= 4 is 0 Å². The molecule has 1 aromatic carbocycles. The number of hydrogen-bond acceptors (Lipinski definition) is 3. The smallest absolute Gasteiger partial charge is 0.119 e. The number of rotatable bonds is 6. The largest absolute Gasteiger partial charge is 0.497 e. The number of benzene rings is 1. The summed E-state index contributed by atoms with van der Waals surface area (Å²) in [5.74, 6) is 1.77. The van der Waals surface area contributed by atoms with E-state index in [-0.39, 0.29) is 0 Å². The summed E-state index contributed by atoms with van der Waals surface area (Å²) in [7, 11) is 1.67. The molecular weight excluding hydrogens is 238 g/mol. The molecule has 19 heavy (non-hydrogen) atoms. The second-order valence-electron chi connectivity index (χ2n) is 5.54. The van der Waals surface area contributed by atoms with E-state index in [2.05, 4.69) is 0 Å². The second kappa shape index (κ2) is 6.80. The summed E-state index contributed by atoms with van der Waals surface area (Å²) in [6.07, 6.45) is 7.58. The first-order valence-corrected chi connectivity index (χ1v) is 7.25. The van der Waals surface area contributed by atoms with E-state index in [1.807, 2.05) is 24.3 Å². The first-order valence-electron chi connectivity index (χ1n) is 7.25. The van der Waals surface area contributed by atoms with Crippen molar-refractivity contribution in [2.45, 2.75) is 38.5 Å². The van der Waals surface area contributed by atoms with E-state index >= 15 is 0 Å². The van der Waals surface area contributed by atoms with Gasteiger partial charge in [0.2, 0.25) is 0 Å². The molecular formula is C16H25NO2. The second-order valence-corrected chi connectivity index (χ2v) is 5.54. The van der Waals surface area contributed by atoms with Crippen LogP contribution in [-0.4, -0.2) is 20.3 Å². The molecule has 0 radical (unpaired) electrons. The molecule has 0 bridgehead atoms. The van der Waals surface area contributed by atoms with E-state index in [1.165, 1.54) is 32.1 Å². The SMILES string of the molecule is COc1ccc(OCCC2(CN)CCCCC2)cc1. The summed E-state index contributed by atoms with van der Waals surface area (Å²) < 4.78 is 11.0. The molecule has 3 heteroatoms. The number of methoxy groups -OCH3 is 1. The van der Waals surface area contributed by atoms with Crippen molar-refractivity contribution in [1.82, 2.24) is 0 Å². The van der Waals surface area contributed by atoms with Crippen molar-refractivity contribution < 1.29 is 9.47 Å². The molecule has 0 amide bonds. The fourth-order valence-corrected chi connectivity index (χ4v) is 2.92. The highest BCUT2D eigenvalue weighted by molar-refractivity contribution is 5.31. The van der Waals surface area contributed by atoms with E-state index in [4.69, 9.17) is 15.2 Å². The Bertz CT molecular complexity index is 369. The molecule has 1 saturated carbocycles. The third kappa shape index (κ3) is 3.87. The zero-order valence-electron chi connectivity index (χ0n) is 11.9. The van der Waals surface area contributed by atoms with Gasteiger partial charge in [0, 0.05) is 0 Å². The zero-order valence-corrected chi connectivity index (χ0v) is 11.9. The predicted molar refractivity (Wildman–Crippen MR) is 77.7 cm³/mol. The summed E-state index contributed by atoms with van der Waals surface area (Å²) in [5, 5.41) is 0. The molecule has 0 atom stereocenters. The van der Waals surface area contributed by atoms with E-state index < -0.39 is 0 Å². The Hall–Kier alpha value is -1.22. The molecule has 0 saturated heterocycles. The summed E-state index contributed by atoms with van der Waals surface area (Å²) >= 11 is 0. The maximum Gasteiger partial charge on any atom is 0.119 e. The minimum Gasteiger partial charge on any atom is -0.497 e. The highest BCUT2D eigenvalue weighted by Gasteiger charge is 2.30. The van der Waals surface area contributed by atoms with Crippen LogP contribution in [-0.2, 0) is 0 Å². The van der Waals surface area contributed by atoms with Crippen LogP contribution in [0.4, 0.5) is 0 Å². The highest BCUT2D eigenvalue weighted by atomic mass is 16.5. The van der Waals surface area contributed by atoms with Gasteiger partial charge in [-0.05, 0) is 55.5 Å². The summed E-state index contributed by atoms with van der Waals surface area (Å²) in [5.41, 5.74) is 6.31. The Morgan fingerprint density at radius 2 is 1.68 bits per heavy atom. The Kier molecular flexibility index (Phi) is 5.08. The third-order valence-electron chi connectivity index (χ3n) is 4.31. The van der Waals surface area contributed by atoms with E-state index in [1.54, 1.807) is 7.11 Å². The lowest BCUT2D eigenvalue weighted by molar-refractivity contribution is 0.145. The van der Waals surface area contributed by atoms with E-state index in [0.717, 1.165) is 31.1 Å². The summed E-state index contributed by atoms with van der Waals surface area (Å²) in [6.45, 7) is 1.54. The fourth-order valence-electron chi connectivity index (χ4n) is 2.92. The van der Waals surface area contributed by atoms with Gasteiger partial charge in [-0.15, -0.1) is 0 Å². The molecule has 1 aliphatic carbocycles. The Morgan fingerprint density at radius 1 is 1.05 bits per heavy atom. The lowest BCUT2D eigenvalue weighted by atomic mass is 9.72. The van der Waals surface area contributed by atoms with Crippen LogP contribution in [0, 0.1) is 5.41 Å². The molecule has 0 aromatic heterocycles. The Morgan fingerprint density at radius 3 is 2.26 bits per heavy atom. The van der Waals surface area contributed by atoms with Crippen LogP contribution in [0.5, 0.6) is 11.5 Å². The average Bonchev–Trinajstić information content (AvgIpc) is 2.49. The molecule has 3 nitrogen and oxygen atoms in total. The van der Waals surface area contributed by atoms with Crippen molar-refractivity contribution in [3.05, 3.63) is 24.3 Å². The van der Waals surface area contributed by atoms with Gasteiger partial charge in [0.05, 0.1) is 13.7 Å². The molecule has 1 fully saturated rings. The van der Waals surface area contributed by atoms with Crippen LogP contribution >= 0.6 is 0 Å². The molecule has 1 aliphatic rings. The standard InChI is InChI=1S/C16H25NO2/c1-18-14-5-7-15(8-6-14)19-12-11-16(13-17)9-3-2-4-10-16/h5-8H,2-4,9-13,17H2,1H3. The van der Waals surface area contributed by atoms with Crippen LogP contribution in [0.3, 0.4) is 0 Å². The lowest BCUT2D eigenvalue weighted by Gasteiger charge is -2.36. The zero-order chi connectivity index (χ0) is 13.6. The average molecular weight is 263 g/mol. The van der Waals surface area contributed by atoms with Gasteiger partial charge < -0.3 is 15.2 Å². The molecule has 0 spiro atoms. The van der Waals surface area contributed by atoms with Crippen molar-refractivity contribution in [3.8, 4) is 11.5 Å². The fraction of sp³-hybridized carbons (Fsp3) is 0.625. The molecule has 106 valence electrons. The van der Waals surface area contributed by atoms with Crippen molar-refractivity contribution in [3.63, 3.8) is 0 Å². The quantitative estimate of drug-likeness (QED) is 0.855. The first kappa shape index (κ1) is 14.2. The lowest BCUT2D eigenvalue weighted by Crippen LogP contribution is -2.34. The van der Waals surface area contributed by atoms with Gasteiger partial charge in [-0.1, -0.05) is 19.3 Å². The van der Waals surface area contributed by atoms with Crippen molar-refractivity contribution in [1.29, 1.82) is 0 Å². The maximum atomic E-state index is 5.98. The van der Waals surface area contributed by atoms with Crippen LogP contribution < -0.4 is 15.2 Å². The monoisotopic (exact) mass is 263 g/mol. The Labute approximate surface area is 116 Å². The first-order chi connectivity index (χ1) is 9.28. The van der Waals surface area contributed by atoms with Crippen molar-refractivity contribution in [2.24, 2.45) is 11.1 Å². The van der Waals surface area contributed by atoms with Gasteiger partial charge in [-0.2, -0.15) is 0 Å². The maximum absolute atomic E-state index is 5.98. The van der Waals surface area contributed by atoms with Gasteiger partial charge in [0.15, 0.2) is 0 Å². The summed E-state index contributed by atoms with van der Waals surface area (Å²) in [6, 6.07) is 7.76. The van der Waals surface area contributed by atoms with Gasteiger partial charge >= 0.3 is 0 Å². The highest BCUT2D eigenvalue weighted by Crippen LogP contribution is 2.38. The molecule has 2 rings (SSSR count). The van der Waals surface area contributed by atoms with Gasteiger partial charge in [0.1, 0.15) is 11.5 Å². The number of nitrogens with two attached hydrogens (primary N) is 1. The molecule has 0 aliphatic heterocycles. The van der Waals surface area contributed by atoms with Crippen LogP contribution in [0.15, 0.2) is 24.3 Å². The summed E-state index contributed by atoms with van der Waals surface area (Å²) in [4.78, 5) is 0. The van der Waals surface area contributed by atoms with Crippen LogP contribution in [0.1, 0.15) is 38.5 Å². The van der Waals surface area contributed by atoms with Gasteiger partial charge in [0.25, 0.3) is 0 Å². The minimum atomic E-state index is 0.324. The van der Waals surface area contributed by atoms with Gasteiger partial charge in [-0.25, -0.2) is 0 Å². The van der Waals surface area contributed by atoms with Crippen LogP contribution in [0.25, 0.3) is 0 Å². The van der Waals surface area contributed by atoms with Crippen LogP contribution in [0.2, 0.25) is 0 Å². The third-order valence-corrected chi connectivity index (χ3v) is 4.31. The molecule has 2 N–H and O–H groups in total. The topological polar surface area (TPSA) is 44.5 Å². The molecule has 1 aromatic rings. The van der Waals surface area contributed by atoms with E-state index in [0.29, 0.717) is 5.41 Å². The van der Waals surface area contributed by atoms with E-state index in [9.17, 15) is 0 Å².